The van der Waals surface area contributed by atoms with E-state index < -0.39 is 6.30 Å². The first-order valence-electron chi connectivity index (χ1n) is 2.64. The maximum atomic E-state index is 11.7. The maximum absolute atomic E-state index is 11.7. The van der Waals surface area contributed by atoms with Crippen molar-refractivity contribution in [3.05, 3.63) is 0 Å². The summed E-state index contributed by atoms with van der Waals surface area (Å²) in [6.45, 7) is 0. The first-order valence-corrected chi connectivity index (χ1v) is 3.41. The fourth-order valence-electron chi connectivity index (χ4n) is 0.254. The predicted molar refractivity (Wildman–Crippen MR) is 39.7 cm³/mol. The number of rotatable bonds is 2. The van der Waals surface area contributed by atoms with Crippen molar-refractivity contribution in [2.75, 3.05) is 7.05 Å². The van der Waals surface area contributed by atoms with Crippen LogP contribution >= 0.6 is 11.9 Å². The lowest BCUT2D eigenvalue weighted by molar-refractivity contribution is -0.198. The lowest BCUT2D eigenvalue weighted by Crippen LogP contribution is -2.29. The van der Waals surface area contributed by atoms with Gasteiger partial charge in [0.15, 0.2) is 0 Å². The molecule has 7 heteroatoms. The Hall–Kier alpha value is -0.165. The average Bonchev–Trinajstić information content (AvgIpc) is 1.85. The van der Waals surface area contributed by atoms with E-state index >= 15 is 0 Å². The largest absolute Gasteiger partial charge is 0.469 e. The number of halogens is 3. The van der Waals surface area contributed by atoms with Crippen molar-refractivity contribution in [1.82, 2.24) is 4.31 Å². The van der Waals surface area contributed by atoms with Crippen molar-refractivity contribution in [1.29, 1.82) is 5.41 Å². The molecular formula is C4H6BF3N2S. The van der Waals surface area contributed by atoms with E-state index in [1.807, 2.05) is 0 Å². The summed E-state index contributed by atoms with van der Waals surface area (Å²) in [5, 5.41) is 6.63. The summed E-state index contributed by atoms with van der Waals surface area (Å²) in [7, 11) is 5.77. The minimum atomic E-state index is -4.41. The van der Waals surface area contributed by atoms with Crippen LogP contribution in [0.25, 0.3) is 0 Å². The molecular weight excluding hydrogens is 176 g/mol. The van der Waals surface area contributed by atoms with Gasteiger partial charge in [0, 0.05) is 7.05 Å². The van der Waals surface area contributed by atoms with Crippen molar-refractivity contribution >= 4 is 24.8 Å². The van der Waals surface area contributed by atoms with Crippen LogP contribution in [0.4, 0.5) is 13.2 Å². The van der Waals surface area contributed by atoms with E-state index in [1.54, 1.807) is 0 Å². The van der Waals surface area contributed by atoms with Crippen LogP contribution in [0.15, 0.2) is 0 Å². The summed E-state index contributed by atoms with van der Waals surface area (Å²) < 4.78 is 35.2. The van der Waals surface area contributed by atoms with Crippen molar-refractivity contribution < 1.29 is 13.2 Å². The van der Waals surface area contributed by atoms with Gasteiger partial charge in [0.2, 0.25) is 0 Å². The van der Waals surface area contributed by atoms with E-state index in [4.69, 9.17) is 13.3 Å². The Bertz CT molecular complexity index is 149. The van der Waals surface area contributed by atoms with Gasteiger partial charge >= 0.3 is 6.30 Å². The predicted octanol–water partition coefficient (Wildman–Crippen LogP) is 1.65. The van der Waals surface area contributed by atoms with E-state index in [2.05, 4.69) is 0 Å². The van der Waals surface area contributed by atoms with Gasteiger partial charge < -0.3 is 0 Å². The summed E-state index contributed by atoms with van der Waals surface area (Å²) in [6.07, 6.45) is -4.59. The molecule has 1 N–H and O–H groups in total. The van der Waals surface area contributed by atoms with Gasteiger partial charge in [-0.05, 0) is 18.3 Å². The highest BCUT2D eigenvalue weighted by atomic mass is 32.2. The fourth-order valence-corrected chi connectivity index (χ4v) is 0.763. The molecule has 0 aliphatic rings. The second kappa shape index (κ2) is 4.01. The van der Waals surface area contributed by atoms with Crippen LogP contribution in [0.2, 0.25) is 6.32 Å². The minimum Gasteiger partial charge on any atom is -0.298 e. The lowest BCUT2D eigenvalue weighted by Gasteiger charge is -2.17. The molecule has 2 nitrogen and oxygen atoms in total. The first-order chi connectivity index (χ1) is 4.88. The smallest absolute Gasteiger partial charge is 0.298 e. The van der Waals surface area contributed by atoms with Crippen molar-refractivity contribution in [3.63, 3.8) is 0 Å². The van der Waals surface area contributed by atoms with Gasteiger partial charge in [-0.3, -0.25) is 5.41 Å². The quantitative estimate of drug-likeness (QED) is 0.231. The van der Waals surface area contributed by atoms with Crippen LogP contribution in [0.1, 0.15) is 0 Å². The monoisotopic (exact) mass is 182 g/mol. The molecule has 0 heterocycles. The van der Waals surface area contributed by atoms with E-state index in [0.717, 1.165) is 7.05 Å². The third-order valence-electron chi connectivity index (χ3n) is 0.790. The normalized spacial score (nSPS) is 12.1. The second-order valence-corrected chi connectivity index (χ2v) is 2.91. The third kappa shape index (κ3) is 4.31. The molecule has 0 aromatic carbocycles. The summed E-state index contributed by atoms with van der Waals surface area (Å²) in [4.78, 5) is 0. The maximum Gasteiger partial charge on any atom is 0.469 e. The number of nitrogens with zero attached hydrogens (tertiary/aromatic N) is 1. The molecule has 0 aromatic heterocycles. The van der Waals surface area contributed by atoms with Crippen LogP contribution in [0.5, 0.6) is 0 Å². The first kappa shape index (κ1) is 10.8. The highest BCUT2D eigenvalue weighted by molar-refractivity contribution is 8.12. The molecule has 0 aliphatic heterocycles. The Kier molecular flexibility index (Phi) is 3.95. The molecule has 0 spiro atoms. The van der Waals surface area contributed by atoms with Crippen molar-refractivity contribution in [2.24, 2.45) is 0 Å². The zero-order valence-corrected chi connectivity index (χ0v) is 6.59. The van der Waals surface area contributed by atoms with E-state index in [-0.39, 0.29) is 27.6 Å². The van der Waals surface area contributed by atoms with Crippen LogP contribution in [-0.2, 0) is 0 Å². The van der Waals surface area contributed by atoms with E-state index in [0.29, 0.717) is 0 Å². The molecule has 62 valence electrons. The number of alkyl halides is 3. The molecule has 0 aliphatic carbocycles. The lowest BCUT2D eigenvalue weighted by atomic mass is 10.1. The van der Waals surface area contributed by atoms with E-state index in [1.165, 1.54) is 0 Å². The summed E-state index contributed by atoms with van der Waals surface area (Å²) in [6, 6.07) is 0. The molecule has 0 saturated heterocycles. The molecule has 2 radical (unpaired) electrons. The van der Waals surface area contributed by atoms with E-state index in [9.17, 15) is 13.2 Å². The fraction of sp³-hybridized carbons (Fsp3) is 0.750. The Balaban J connectivity index is 3.87. The van der Waals surface area contributed by atoms with Crippen molar-refractivity contribution in [3.8, 4) is 0 Å². The molecule has 0 rings (SSSR count). The van der Waals surface area contributed by atoms with Gasteiger partial charge in [-0.25, -0.2) is 0 Å². The Morgan fingerprint density at radius 3 is 2.36 bits per heavy atom. The SMILES string of the molecule is [B]CC(=N)SN(C)C(F)(F)F. The molecule has 0 bridgehead atoms. The molecule has 0 amide bonds. The standard InChI is InChI=1S/C4H6BF3N2S/c1-10(4(6,7)8)11-3(9)2-5/h9H,2H2,1H3. The highest BCUT2D eigenvalue weighted by Crippen LogP contribution is 2.27. The number of nitrogens with one attached hydrogen (secondary N) is 1. The van der Waals surface area contributed by atoms with Gasteiger partial charge in [-0.15, -0.1) is 0 Å². The Morgan fingerprint density at radius 1 is 1.64 bits per heavy atom. The summed E-state index contributed by atoms with van der Waals surface area (Å²) in [5.74, 6) is 0. The topological polar surface area (TPSA) is 27.1 Å². The Labute approximate surface area is 68.2 Å². The summed E-state index contributed by atoms with van der Waals surface area (Å²) >= 11 is 0.273. The average molecular weight is 182 g/mol. The zero-order chi connectivity index (χ0) is 9.07. The molecule has 0 saturated carbocycles. The zero-order valence-electron chi connectivity index (χ0n) is 5.77. The molecule has 0 atom stereocenters. The van der Waals surface area contributed by atoms with Gasteiger partial charge in [-0.2, -0.15) is 17.5 Å². The Morgan fingerprint density at radius 2 is 2.09 bits per heavy atom. The van der Waals surface area contributed by atoms with Crippen LogP contribution in [-0.4, -0.2) is 30.5 Å². The number of hydrogen-bond donors (Lipinski definition) is 1. The van der Waals surface area contributed by atoms with Gasteiger partial charge in [-0.1, -0.05) is 0 Å². The molecule has 0 unspecified atom stereocenters. The minimum absolute atomic E-state index is 0.0300. The van der Waals surface area contributed by atoms with Gasteiger partial charge in [0.05, 0.1) is 12.9 Å². The van der Waals surface area contributed by atoms with Gasteiger partial charge in [0.1, 0.15) is 0 Å². The van der Waals surface area contributed by atoms with Crippen LogP contribution < -0.4 is 0 Å². The molecule has 0 aromatic rings. The van der Waals surface area contributed by atoms with Crippen molar-refractivity contribution in [2.45, 2.75) is 12.6 Å². The molecule has 11 heavy (non-hydrogen) atoms. The summed E-state index contributed by atoms with van der Waals surface area (Å²) in [5.41, 5.74) is 0. The van der Waals surface area contributed by atoms with Gasteiger partial charge in [0.25, 0.3) is 0 Å². The highest BCUT2D eigenvalue weighted by Gasteiger charge is 2.35. The molecule has 0 fully saturated rings. The second-order valence-electron chi connectivity index (χ2n) is 1.68. The van der Waals surface area contributed by atoms with Crippen LogP contribution in [0, 0.1) is 5.41 Å². The third-order valence-corrected chi connectivity index (χ3v) is 1.66. The van der Waals surface area contributed by atoms with Crippen LogP contribution in [0.3, 0.4) is 0 Å². The number of hydrogen-bond acceptors (Lipinski definition) is 3.